The van der Waals surface area contributed by atoms with Crippen molar-refractivity contribution in [1.82, 2.24) is 20.1 Å². The first-order valence-electron chi connectivity index (χ1n) is 6.51. The molecule has 4 nitrogen and oxygen atoms in total. The lowest BCUT2D eigenvalue weighted by Crippen LogP contribution is -2.29. The fourth-order valence-corrected chi connectivity index (χ4v) is 2.49. The molecule has 0 spiro atoms. The van der Waals surface area contributed by atoms with Crippen molar-refractivity contribution < 1.29 is 0 Å². The van der Waals surface area contributed by atoms with Crippen molar-refractivity contribution >= 4 is 0 Å². The van der Waals surface area contributed by atoms with E-state index in [2.05, 4.69) is 22.5 Å². The molecule has 0 radical (unpaired) electrons. The lowest BCUT2D eigenvalue weighted by molar-refractivity contribution is 0.445. The van der Waals surface area contributed by atoms with Crippen LogP contribution in [0, 0.1) is 0 Å². The summed E-state index contributed by atoms with van der Waals surface area (Å²) in [5.74, 6) is 2.39. The molecule has 18 heavy (non-hydrogen) atoms. The van der Waals surface area contributed by atoms with Gasteiger partial charge in [0.1, 0.15) is 0 Å². The summed E-state index contributed by atoms with van der Waals surface area (Å²) in [6, 6.07) is 10.2. The summed E-state index contributed by atoms with van der Waals surface area (Å²) in [5.41, 5.74) is 1.13. The third-order valence-electron chi connectivity index (χ3n) is 3.47. The van der Waals surface area contributed by atoms with E-state index in [4.69, 9.17) is 4.98 Å². The van der Waals surface area contributed by atoms with Gasteiger partial charge in [-0.1, -0.05) is 30.3 Å². The molecule has 0 saturated carbocycles. The van der Waals surface area contributed by atoms with E-state index >= 15 is 0 Å². The Labute approximate surface area is 107 Å². The molecule has 2 aromatic rings. The van der Waals surface area contributed by atoms with E-state index in [0.29, 0.717) is 5.92 Å². The topological polar surface area (TPSA) is 42.7 Å². The Morgan fingerprint density at radius 1 is 1.28 bits per heavy atom. The van der Waals surface area contributed by atoms with Gasteiger partial charge in [-0.2, -0.15) is 5.10 Å². The predicted molar refractivity (Wildman–Crippen MR) is 71.3 cm³/mol. The molecule has 1 saturated heterocycles. The Bertz CT molecular complexity index is 512. The molecule has 0 amide bonds. The standard InChI is InChI=1S/C14H18N4/c1-18-14(11-6-3-2-4-7-11)16-13(17-18)12-8-5-9-15-10-12/h2-4,6-7,12,15H,5,8-10H2,1H3. The quantitative estimate of drug-likeness (QED) is 0.875. The van der Waals surface area contributed by atoms with E-state index < -0.39 is 0 Å². The number of hydrogen-bond donors (Lipinski definition) is 1. The van der Waals surface area contributed by atoms with Crippen LogP contribution in [-0.4, -0.2) is 27.9 Å². The van der Waals surface area contributed by atoms with Crippen molar-refractivity contribution in [2.45, 2.75) is 18.8 Å². The van der Waals surface area contributed by atoms with Gasteiger partial charge >= 0.3 is 0 Å². The molecule has 1 unspecified atom stereocenters. The van der Waals surface area contributed by atoms with E-state index in [-0.39, 0.29) is 0 Å². The van der Waals surface area contributed by atoms with Crippen molar-refractivity contribution in [2.24, 2.45) is 7.05 Å². The molecule has 0 aliphatic carbocycles. The molecule has 1 atom stereocenters. The highest BCUT2D eigenvalue weighted by Crippen LogP contribution is 2.23. The van der Waals surface area contributed by atoms with Crippen molar-refractivity contribution in [3.8, 4) is 11.4 Å². The van der Waals surface area contributed by atoms with Crippen LogP contribution in [0.3, 0.4) is 0 Å². The molecule has 1 fully saturated rings. The fraction of sp³-hybridized carbons (Fsp3) is 0.429. The van der Waals surface area contributed by atoms with E-state index in [1.807, 2.05) is 29.9 Å². The molecule has 1 aliphatic heterocycles. The van der Waals surface area contributed by atoms with Crippen LogP contribution in [0.25, 0.3) is 11.4 Å². The van der Waals surface area contributed by atoms with E-state index in [1.165, 1.54) is 12.8 Å². The van der Waals surface area contributed by atoms with Crippen LogP contribution in [-0.2, 0) is 7.05 Å². The zero-order valence-corrected chi connectivity index (χ0v) is 10.6. The molecule has 3 rings (SSSR count). The summed E-state index contributed by atoms with van der Waals surface area (Å²) in [4.78, 5) is 4.72. The lowest BCUT2D eigenvalue weighted by atomic mass is 9.99. The minimum atomic E-state index is 0.461. The largest absolute Gasteiger partial charge is 0.316 e. The van der Waals surface area contributed by atoms with Gasteiger partial charge < -0.3 is 5.32 Å². The number of hydrogen-bond acceptors (Lipinski definition) is 3. The number of piperidine rings is 1. The highest BCUT2D eigenvalue weighted by atomic mass is 15.3. The summed E-state index contributed by atoms with van der Waals surface area (Å²) >= 11 is 0. The second-order valence-electron chi connectivity index (χ2n) is 4.83. The van der Waals surface area contributed by atoms with Crippen LogP contribution in [0.2, 0.25) is 0 Å². The van der Waals surface area contributed by atoms with Crippen molar-refractivity contribution in [3.63, 3.8) is 0 Å². The van der Waals surface area contributed by atoms with Gasteiger partial charge in [-0.3, -0.25) is 0 Å². The minimum absolute atomic E-state index is 0.461. The van der Waals surface area contributed by atoms with Gasteiger partial charge in [0.05, 0.1) is 0 Å². The SMILES string of the molecule is Cn1nc(C2CCCNC2)nc1-c1ccccc1. The fourth-order valence-electron chi connectivity index (χ4n) is 2.49. The molecular formula is C14H18N4. The maximum absolute atomic E-state index is 4.72. The third kappa shape index (κ3) is 2.16. The number of nitrogens with zero attached hydrogens (tertiary/aromatic N) is 3. The maximum Gasteiger partial charge on any atom is 0.158 e. The smallest absolute Gasteiger partial charge is 0.158 e. The van der Waals surface area contributed by atoms with Crippen LogP contribution < -0.4 is 5.32 Å². The first kappa shape index (κ1) is 11.4. The van der Waals surface area contributed by atoms with Crippen LogP contribution in [0.1, 0.15) is 24.6 Å². The molecular weight excluding hydrogens is 224 g/mol. The van der Waals surface area contributed by atoms with Crippen molar-refractivity contribution in [2.75, 3.05) is 13.1 Å². The van der Waals surface area contributed by atoms with Crippen molar-refractivity contribution in [1.29, 1.82) is 0 Å². The van der Waals surface area contributed by atoms with Crippen molar-refractivity contribution in [3.05, 3.63) is 36.2 Å². The van der Waals surface area contributed by atoms with Crippen LogP contribution >= 0.6 is 0 Å². The van der Waals surface area contributed by atoms with Gasteiger partial charge in [-0.15, -0.1) is 0 Å². The summed E-state index contributed by atoms with van der Waals surface area (Å²) in [7, 11) is 1.97. The van der Waals surface area contributed by atoms with Gasteiger partial charge in [0, 0.05) is 25.1 Å². The Morgan fingerprint density at radius 3 is 2.83 bits per heavy atom. The van der Waals surface area contributed by atoms with Crippen LogP contribution in [0.5, 0.6) is 0 Å². The summed E-state index contributed by atoms with van der Waals surface area (Å²) in [6.45, 7) is 2.12. The first-order valence-corrected chi connectivity index (χ1v) is 6.51. The first-order chi connectivity index (χ1) is 8.84. The Kier molecular flexibility index (Phi) is 3.11. The maximum atomic E-state index is 4.72. The Balaban J connectivity index is 1.91. The average Bonchev–Trinajstić information content (AvgIpc) is 2.83. The normalized spacial score (nSPS) is 19.9. The Morgan fingerprint density at radius 2 is 2.11 bits per heavy atom. The van der Waals surface area contributed by atoms with Gasteiger partial charge in [0.2, 0.25) is 0 Å². The number of rotatable bonds is 2. The lowest BCUT2D eigenvalue weighted by Gasteiger charge is -2.19. The van der Waals surface area contributed by atoms with Gasteiger partial charge in [0.25, 0.3) is 0 Å². The zero-order chi connectivity index (χ0) is 12.4. The summed E-state index contributed by atoms with van der Waals surface area (Å²) in [6.07, 6.45) is 2.40. The van der Waals surface area contributed by atoms with Gasteiger partial charge in [-0.25, -0.2) is 9.67 Å². The average molecular weight is 242 g/mol. The second kappa shape index (κ2) is 4.90. The van der Waals surface area contributed by atoms with Gasteiger partial charge in [0.15, 0.2) is 11.6 Å². The summed E-state index contributed by atoms with van der Waals surface area (Å²) < 4.78 is 1.89. The molecule has 94 valence electrons. The molecule has 1 aromatic carbocycles. The van der Waals surface area contributed by atoms with Crippen LogP contribution in [0.4, 0.5) is 0 Å². The Hall–Kier alpha value is -1.68. The number of benzene rings is 1. The van der Waals surface area contributed by atoms with E-state index in [1.54, 1.807) is 0 Å². The molecule has 1 N–H and O–H groups in total. The molecule has 1 aromatic heterocycles. The van der Waals surface area contributed by atoms with Gasteiger partial charge in [-0.05, 0) is 19.4 Å². The third-order valence-corrected chi connectivity index (χ3v) is 3.47. The van der Waals surface area contributed by atoms with E-state index in [0.717, 1.165) is 30.3 Å². The molecule has 1 aliphatic rings. The highest BCUT2D eigenvalue weighted by molar-refractivity contribution is 5.54. The van der Waals surface area contributed by atoms with E-state index in [9.17, 15) is 0 Å². The second-order valence-corrected chi connectivity index (χ2v) is 4.83. The zero-order valence-electron chi connectivity index (χ0n) is 10.6. The number of aryl methyl sites for hydroxylation is 1. The summed E-state index contributed by atoms with van der Waals surface area (Å²) in [5, 5.41) is 7.99. The number of nitrogens with one attached hydrogen (secondary N) is 1. The minimum Gasteiger partial charge on any atom is -0.316 e. The van der Waals surface area contributed by atoms with Crippen LogP contribution in [0.15, 0.2) is 30.3 Å². The molecule has 2 heterocycles. The molecule has 0 bridgehead atoms. The predicted octanol–water partition coefficient (Wildman–Crippen LogP) is 1.95. The monoisotopic (exact) mass is 242 g/mol. The number of aromatic nitrogens is 3. The molecule has 4 heteroatoms. The highest BCUT2D eigenvalue weighted by Gasteiger charge is 2.20.